The van der Waals surface area contributed by atoms with Crippen LogP contribution in [0.15, 0.2) is 24.3 Å². The van der Waals surface area contributed by atoms with Crippen LogP contribution in [0.2, 0.25) is 0 Å². The van der Waals surface area contributed by atoms with Gasteiger partial charge in [0.05, 0.1) is 12.0 Å². The number of halogens is 2. The van der Waals surface area contributed by atoms with E-state index >= 15 is 0 Å². The first-order valence-electron chi connectivity index (χ1n) is 9.86. The van der Waals surface area contributed by atoms with Gasteiger partial charge in [-0.1, -0.05) is 31.0 Å². The molecule has 1 aliphatic rings. The van der Waals surface area contributed by atoms with E-state index in [1.54, 1.807) is 18.2 Å². The molecule has 1 aromatic rings. The largest absolute Gasteiger partial charge is 0.434 e. The number of hydrogen-bond acceptors (Lipinski definition) is 4. The van der Waals surface area contributed by atoms with Crippen molar-refractivity contribution in [1.82, 2.24) is 10.6 Å². The average Bonchev–Trinajstić information content (AvgIpc) is 3.17. The van der Waals surface area contributed by atoms with Gasteiger partial charge in [-0.2, -0.15) is 8.78 Å². The molecule has 1 aromatic carbocycles. The van der Waals surface area contributed by atoms with Crippen LogP contribution in [0.4, 0.5) is 8.78 Å². The molecule has 2 amide bonds. The highest BCUT2D eigenvalue weighted by Gasteiger charge is 2.32. The van der Waals surface area contributed by atoms with Crippen LogP contribution < -0.4 is 15.4 Å². The van der Waals surface area contributed by atoms with Crippen molar-refractivity contribution >= 4 is 17.6 Å². The summed E-state index contributed by atoms with van der Waals surface area (Å²) in [6.07, 6.45) is 3.70. The van der Waals surface area contributed by atoms with Crippen LogP contribution in [-0.2, 0) is 14.4 Å². The first-order valence-corrected chi connectivity index (χ1v) is 9.86. The van der Waals surface area contributed by atoms with E-state index in [1.807, 2.05) is 0 Å². The summed E-state index contributed by atoms with van der Waals surface area (Å²) in [6, 6.07) is 5.94. The number of carbonyl (C=O) groups is 3. The van der Waals surface area contributed by atoms with E-state index in [0.717, 1.165) is 25.7 Å². The van der Waals surface area contributed by atoms with Crippen LogP contribution in [0.5, 0.6) is 5.75 Å². The molecule has 0 spiro atoms. The minimum Gasteiger partial charge on any atom is -0.434 e. The molecule has 8 heteroatoms. The predicted molar refractivity (Wildman–Crippen MR) is 103 cm³/mol. The van der Waals surface area contributed by atoms with Crippen molar-refractivity contribution in [3.8, 4) is 5.75 Å². The number of alkyl halides is 2. The Morgan fingerprint density at radius 3 is 2.38 bits per heavy atom. The number of Topliss-reactive ketones (excluding diaryl/α,β-unsaturated/α-hetero) is 1. The van der Waals surface area contributed by atoms with Crippen LogP contribution >= 0.6 is 0 Å². The molecule has 29 heavy (non-hydrogen) atoms. The molecule has 2 rings (SSSR count). The van der Waals surface area contributed by atoms with E-state index < -0.39 is 24.5 Å². The highest BCUT2D eigenvalue weighted by Crippen LogP contribution is 2.39. The Balaban J connectivity index is 2.27. The summed E-state index contributed by atoms with van der Waals surface area (Å²) in [5.41, 5.74) is 0.495. The molecule has 0 aromatic heterocycles. The van der Waals surface area contributed by atoms with E-state index in [-0.39, 0.29) is 36.3 Å². The van der Waals surface area contributed by atoms with Gasteiger partial charge < -0.3 is 20.2 Å². The number of para-hydroxylation sites is 1. The maximum Gasteiger partial charge on any atom is 0.387 e. The molecule has 2 atom stereocenters. The van der Waals surface area contributed by atoms with Gasteiger partial charge in [-0.3, -0.25) is 9.59 Å². The Labute approximate surface area is 169 Å². The summed E-state index contributed by atoms with van der Waals surface area (Å²) in [7, 11) is 0. The van der Waals surface area contributed by atoms with Gasteiger partial charge in [-0.25, -0.2) is 0 Å². The third-order valence-electron chi connectivity index (χ3n) is 5.14. The maximum atomic E-state index is 13.0. The Morgan fingerprint density at radius 2 is 1.79 bits per heavy atom. The number of amides is 2. The second-order valence-electron chi connectivity index (χ2n) is 7.49. The number of ether oxygens (including phenoxy) is 1. The second kappa shape index (κ2) is 10.9. The lowest BCUT2D eigenvalue weighted by atomic mass is 9.90. The standard InChI is InChI=1S/C21H28F2N2O4/c1-13(26)11-16(12-24-14(2)27)20(28)25-19(15-7-3-4-8-15)17-9-5-6-10-18(17)29-21(22)23/h5-6,9-10,15-16,19,21H,3-4,7-8,11-12H2,1-2H3,(H,24,27)(H,25,28)/t16-,19-/m1/s1. The number of benzene rings is 1. The molecule has 0 unspecified atom stereocenters. The predicted octanol–water partition coefficient (Wildman–Crippen LogP) is 3.37. The van der Waals surface area contributed by atoms with Crippen molar-refractivity contribution in [2.24, 2.45) is 11.8 Å². The minimum absolute atomic E-state index is 0.0152. The smallest absolute Gasteiger partial charge is 0.387 e. The molecular weight excluding hydrogens is 382 g/mol. The fourth-order valence-corrected chi connectivity index (χ4v) is 3.82. The third-order valence-corrected chi connectivity index (χ3v) is 5.14. The summed E-state index contributed by atoms with van der Waals surface area (Å²) in [6.45, 7) is -0.217. The summed E-state index contributed by atoms with van der Waals surface area (Å²) < 4.78 is 30.4. The molecule has 0 saturated heterocycles. The average molecular weight is 410 g/mol. The SMILES string of the molecule is CC(=O)C[C@H](CNC(C)=O)C(=O)N[C@@H](c1ccccc1OC(F)F)C1CCCC1. The first-order chi connectivity index (χ1) is 13.8. The lowest BCUT2D eigenvalue weighted by Crippen LogP contribution is -2.42. The van der Waals surface area contributed by atoms with Crippen molar-refractivity contribution in [3.05, 3.63) is 29.8 Å². The zero-order valence-corrected chi connectivity index (χ0v) is 16.8. The van der Waals surface area contributed by atoms with Gasteiger partial charge in [0.25, 0.3) is 0 Å². The summed E-state index contributed by atoms with van der Waals surface area (Å²) in [5, 5.41) is 5.53. The van der Waals surface area contributed by atoms with Gasteiger partial charge in [0, 0.05) is 25.5 Å². The Hall–Kier alpha value is -2.51. The molecule has 0 radical (unpaired) electrons. The molecule has 160 valence electrons. The van der Waals surface area contributed by atoms with Crippen LogP contribution in [-0.4, -0.2) is 30.8 Å². The molecule has 0 aliphatic heterocycles. The molecule has 0 heterocycles. The van der Waals surface area contributed by atoms with Crippen LogP contribution in [0.1, 0.15) is 57.6 Å². The van der Waals surface area contributed by atoms with E-state index in [9.17, 15) is 23.2 Å². The first kappa shape index (κ1) is 22.8. The number of nitrogens with one attached hydrogen (secondary N) is 2. The van der Waals surface area contributed by atoms with Gasteiger partial charge in [-0.05, 0) is 31.7 Å². The molecule has 1 fully saturated rings. The highest BCUT2D eigenvalue weighted by atomic mass is 19.3. The molecule has 0 bridgehead atoms. The molecule has 1 aliphatic carbocycles. The number of ketones is 1. The number of rotatable bonds is 10. The lowest BCUT2D eigenvalue weighted by Gasteiger charge is -2.29. The van der Waals surface area contributed by atoms with Crippen LogP contribution in [0.3, 0.4) is 0 Å². The quantitative estimate of drug-likeness (QED) is 0.619. The molecule has 6 nitrogen and oxygen atoms in total. The second-order valence-corrected chi connectivity index (χ2v) is 7.49. The molecule has 2 N–H and O–H groups in total. The molecular formula is C21H28F2N2O4. The summed E-state index contributed by atoms with van der Waals surface area (Å²) >= 11 is 0. The minimum atomic E-state index is -2.97. The Morgan fingerprint density at radius 1 is 1.14 bits per heavy atom. The normalized spacial score (nSPS) is 16.3. The van der Waals surface area contributed by atoms with Gasteiger partial charge in [0.2, 0.25) is 11.8 Å². The van der Waals surface area contributed by atoms with E-state index in [1.165, 1.54) is 19.9 Å². The van der Waals surface area contributed by atoms with Crippen molar-refractivity contribution in [2.45, 2.75) is 58.6 Å². The number of carbonyl (C=O) groups excluding carboxylic acids is 3. The van der Waals surface area contributed by atoms with E-state index in [0.29, 0.717) is 5.56 Å². The highest BCUT2D eigenvalue weighted by molar-refractivity contribution is 5.86. The topological polar surface area (TPSA) is 84.5 Å². The van der Waals surface area contributed by atoms with Gasteiger partial charge >= 0.3 is 6.61 Å². The Kier molecular flexibility index (Phi) is 8.54. The maximum absolute atomic E-state index is 13.0. The zero-order chi connectivity index (χ0) is 21.4. The van der Waals surface area contributed by atoms with E-state index in [2.05, 4.69) is 15.4 Å². The van der Waals surface area contributed by atoms with Crippen molar-refractivity contribution in [2.75, 3.05) is 6.54 Å². The van der Waals surface area contributed by atoms with Gasteiger partial charge in [0.15, 0.2) is 0 Å². The van der Waals surface area contributed by atoms with Gasteiger partial charge in [0.1, 0.15) is 11.5 Å². The zero-order valence-electron chi connectivity index (χ0n) is 16.8. The van der Waals surface area contributed by atoms with Gasteiger partial charge in [-0.15, -0.1) is 0 Å². The summed E-state index contributed by atoms with van der Waals surface area (Å²) in [5.74, 6) is -1.48. The monoisotopic (exact) mass is 410 g/mol. The fourth-order valence-electron chi connectivity index (χ4n) is 3.82. The van der Waals surface area contributed by atoms with Crippen molar-refractivity contribution in [3.63, 3.8) is 0 Å². The van der Waals surface area contributed by atoms with Crippen LogP contribution in [0.25, 0.3) is 0 Å². The van der Waals surface area contributed by atoms with E-state index in [4.69, 9.17) is 0 Å². The van der Waals surface area contributed by atoms with Crippen molar-refractivity contribution in [1.29, 1.82) is 0 Å². The van der Waals surface area contributed by atoms with Crippen molar-refractivity contribution < 1.29 is 27.9 Å². The lowest BCUT2D eigenvalue weighted by molar-refractivity contribution is -0.130. The summed E-state index contributed by atoms with van der Waals surface area (Å²) in [4.78, 5) is 35.8. The molecule has 1 saturated carbocycles. The number of hydrogen-bond donors (Lipinski definition) is 2. The Bertz CT molecular complexity index is 720. The fraction of sp³-hybridized carbons (Fsp3) is 0.571. The third kappa shape index (κ3) is 7.11. The van der Waals surface area contributed by atoms with Crippen LogP contribution in [0, 0.1) is 11.8 Å².